The van der Waals surface area contributed by atoms with Gasteiger partial charge < -0.3 is 20.1 Å². The molecule has 0 unspecified atom stereocenters. The minimum Gasteiger partial charge on any atom is -0.497 e. The molecule has 0 saturated carbocycles. The Morgan fingerprint density at radius 2 is 2.00 bits per heavy atom. The standard InChI is InChI=1S/C19H20N2O4/c1-12-19(23)21-16-11-14(6-9-17(16)25-12)20-18(22)10-5-13-3-7-15(24-2)8-4-13/h3-4,6-9,11-12H,5,10H2,1-2H3,(H,20,22)(H,21,23)/t12-/m0/s1. The van der Waals surface area contributed by atoms with Crippen LogP contribution >= 0.6 is 0 Å². The van der Waals surface area contributed by atoms with Gasteiger partial charge in [0.25, 0.3) is 5.91 Å². The van der Waals surface area contributed by atoms with Crippen LogP contribution in [0, 0.1) is 0 Å². The van der Waals surface area contributed by atoms with Gasteiger partial charge in [0.05, 0.1) is 12.8 Å². The van der Waals surface area contributed by atoms with E-state index in [1.807, 2.05) is 24.3 Å². The lowest BCUT2D eigenvalue weighted by atomic mass is 10.1. The van der Waals surface area contributed by atoms with E-state index in [9.17, 15) is 9.59 Å². The number of nitrogens with one attached hydrogen (secondary N) is 2. The van der Waals surface area contributed by atoms with Gasteiger partial charge in [-0.05, 0) is 49.2 Å². The predicted molar refractivity (Wildman–Crippen MR) is 95.1 cm³/mol. The van der Waals surface area contributed by atoms with Crippen molar-refractivity contribution in [2.75, 3.05) is 17.7 Å². The van der Waals surface area contributed by atoms with Crippen molar-refractivity contribution in [3.63, 3.8) is 0 Å². The maximum absolute atomic E-state index is 12.1. The topological polar surface area (TPSA) is 76.7 Å². The Morgan fingerprint density at radius 3 is 2.72 bits per heavy atom. The average Bonchev–Trinajstić information content (AvgIpc) is 2.61. The van der Waals surface area contributed by atoms with Gasteiger partial charge in [-0.3, -0.25) is 9.59 Å². The second-order valence-electron chi connectivity index (χ2n) is 5.86. The number of fused-ring (bicyclic) bond motifs is 1. The molecule has 1 atom stereocenters. The average molecular weight is 340 g/mol. The van der Waals surface area contributed by atoms with Crippen molar-refractivity contribution >= 4 is 23.2 Å². The highest BCUT2D eigenvalue weighted by molar-refractivity contribution is 5.99. The summed E-state index contributed by atoms with van der Waals surface area (Å²) in [5.41, 5.74) is 2.25. The van der Waals surface area contributed by atoms with Crippen LogP contribution in [-0.2, 0) is 16.0 Å². The van der Waals surface area contributed by atoms with E-state index < -0.39 is 6.10 Å². The number of methoxy groups -OCH3 is 1. The minimum atomic E-state index is -0.516. The quantitative estimate of drug-likeness (QED) is 0.877. The van der Waals surface area contributed by atoms with Crippen molar-refractivity contribution in [1.29, 1.82) is 0 Å². The van der Waals surface area contributed by atoms with Crippen molar-refractivity contribution in [1.82, 2.24) is 0 Å². The van der Waals surface area contributed by atoms with Gasteiger partial charge in [-0.15, -0.1) is 0 Å². The summed E-state index contributed by atoms with van der Waals surface area (Å²) in [4.78, 5) is 23.8. The summed E-state index contributed by atoms with van der Waals surface area (Å²) in [5, 5.41) is 5.61. The summed E-state index contributed by atoms with van der Waals surface area (Å²) in [6, 6.07) is 12.8. The Balaban J connectivity index is 1.57. The molecule has 6 nitrogen and oxygen atoms in total. The maximum atomic E-state index is 12.1. The number of ether oxygens (including phenoxy) is 2. The summed E-state index contributed by atoms with van der Waals surface area (Å²) in [6.45, 7) is 1.69. The Bertz CT molecular complexity index is 787. The summed E-state index contributed by atoms with van der Waals surface area (Å²) >= 11 is 0. The Morgan fingerprint density at radius 1 is 1.24 bits per heavy atom. The lowest BCUT2D eigenvalue weighted by molar-refractivity contribution is -0.122. The minimum absolute atomic E-state index is 0.0906. The van der Waals surface area contributed by atoms with Crippen molar-refractivity contribution in [3.05, 3.63) is 48.0 Å². The van der Waals surface area contributed by atoms with Gasteiger partial charge in [0.15, 0.2) is 6.10 Å². The van der Waals surface area contributed by atoms with E-state index in [1.165, 1.54) is 0 Å². The Kier molecular flexibility index (Phi) is 4.88. The molecule has 6 heteroatoms. The van der Waals surface area contributed by atoms with Crippen LogP contribution in [0.5, 0.6) is 11.5 Å². The number of hydrogen-bond acceptors (Lipinski definition) is 4. The number of carbonyl (C=O) groups excluding carboxylic acids is 2. The Hall–Kier alpha value is -3.02. The fraction of sp³-hybridized carbons (Fsp3) is 0.263. The van der Waals surface area contributed by atoms with E-state index in [4.69, 9.17) is 9.47 Å². The highest BCUT2D eigenvalue weighted by atomic mass is 16.5. The van der Waals surface area contributed by atoms with E-state index >= 15 is 0 Å². The molecule has 1 heterocycles. The predicted octanol–water partition coefficient (Wildman–Crippen LogP) is 2.99. The molecule has 0 radical (unpaired) electrons. The molecule has 2 N–H and O–H groups in total. The zero-order valence-electron chi connectivity index (χ0n) is 14.2. The van der Waals surface area contributed by atoms with E-state index in [-0.39, 0.29) is 11.8 Å². The molecule has 3 rings (SSSR count). The SMILES string of the molecule is COc1ccc(CCC(=O)Nc2ccc3c(c2)NC(=O)[C@H](C)O3)cc1. The monoisotopic (exact) mass is 340 g/mol. The van der Waals surface area contributed by atoms with Crippen molar-refractivity contribution in [2.45, 2.75) is 25.9 Å². The third-order valence-corrected chi connectivity index (χ3v) is 3.99. The fourth-order valence-corrected chi connectivity index (χ4v) is 2.56. The van der Waals surface area contributed by atoms with Crippen LogP contribution in [0.2, 0.25) is 0 Å². The van der Waals surface area contributed by atoms with Crippen LogP contribution in [0.4, 0.5) is 11.4 Å². The first kappa shape index (κ1) is 16.8. The fourth-order valence-electron chi connectivity index (χ4n) is 2.56. The second kappa shape index (κ2) is 7.25. The highest BCUT2D eigenvalue weighted by Gasteiger charge is 2.23. The molecule has 25 heavy (non-hydrogen) atoms. The van der Waals surface area contributed by atoms with E-state index in [0.29, 0.717) is 30.0 Å². The van der Waals surface area contributed by atoms with Crippen LogP contribution in [-0.4, -0.2) is 25.0 Å². The maximum Gasteiger partial charge on any atom is 0.265 e. The van der Waals surface area contributed by atoms with Crippen LogP contribution < -0.4 is 20.1 Å². The molecule has 2 aromatic carbocycles. The summed E-state index contributed by atoms with van der Waals surface area (Å²) < 4.78 is 10.6. The number of hydrogen-bond donors (Lipinski definition) is 2. The molecule has 0 aromatic heterocycles. The van der Waals surface area contributed by atoms with Crippen molar-refractivity contribution < 1.29 is 19.1 Å². The smallest absolute Gasteiger partial charge is 0.265 e. The normalized spacial score (nSPS) is 15.6. The van der Waals surface area contributed by atoms with Gasteiger partial charge in [0, 0.05) is 12.1 Å². The molecule has 1 aliphatic rings. The number of benzene rings is 2. The number of rotatable bonds is 5. The van der Waals surface area contributed by atoms with Crippen LogP contribution in [0.1, 0.15) is 18.9 Å². The molecule has 2 amide bonds. The third-order valence-electron chi connectivity index (χ3n) is 3.99. The van der Waals surface area contributed by atoms with Crippen LogP contribution in [0.25, 0.3) is 0 Å². The molecule has 130 valence electrons. The molecular weight excluding hydrogens is 320 g/mol. The molecule has 2 aromatic rings. The molecule has 1 aliphatic heterocycles. The van der Waals surface area contributed by atoms with Crippen molar-refractivity contribution in [3.8, 4) is 11.5 Å². The van der Waals surface area contributed by atoms with E-state index in [1.54, 1.807) is 32.2 Å². The number of aryl methyl sites for hydroxylation is 1. The highest BCUT2D eigenvalue weighted by Crippen LogP contribution is 2.32. The Labute approximate surface area is 146 Å². The first-order valence-electron chi connectivity index (χ1n) is 8.09. The number of anilines is 2. The molecule has 0 saturated heterocycles. The second-order valence-corrected chi connectivity index (χ2v) is 5.86. The lowest BCUT2D eigenvalue weighted by Crippen LogP contribution is -2.34. The van der Waals surface area contributed by atoms with Crippen molar-refractivity contribution in [2.24, 2.45) is 0 Å². The van der Waals surface area contributed by atoms with E-state index in [2.05, 4.69) is 10.6 Å². The summed E-state index contributed by atoms with van der Waals surface area (Å²) in [5.74, 6) is 1.10. The summed E-state index contributed by atoms with van der Waals surface area (Å²) in [7, 11) is 1.62. The first-order chi connectivity index (χ1) is 12.0. The van der Waals surface area contributed by atoms with Crippen LogP contribution in [0.3, 0.4) is 0 Å². The van der Waals surface area contributed by atoms with Gasteiger partial charge in [-0.1, -0.05) is 12.1 Å². The van der Waals surface area contributed by atoms with Crippen LogP contribution in [0.15, 0.2) is 42.5 Å². The summed E-state index contributed by atoms with van der Waals surface area (Å²) in [6.07, 6.45) is 0.485. The van der Waals surface area contributed by atoms with Gasteiger partial charge in [0.1, 0.15) is 11.5 Å². The molecule has 0 aliphatic carbocycles. The van der Waals surface area contributed by atoms with Gasteiger partial charge >= 0.3 is 0 Å². The largest absolute Gasteiger partial charge is 0.497 e. The van der Waals surface area contributed by atoms with E-state index in [0.717, 1.165) is 11.3 Å². The van der Waals surface area contributed by atoms with Gasteiger partial charge in [-0.2, -0.15) is 0 Å². The number of amides is 2. The first-order valence-corrected chi connectivity index (χ1v) is 8.09. The lowest BCUT2D eigenvalue weighted by Gasteiger charge is -2.23. The molecule has 0 bridgehead atoms. The van der Waals surface area contributed by atoms with Gasteiger partial charge in [0.2, 0.25) is 5.91 Å². The molecule has 0 spiro atoms. The number of carbonyl (C=O) groups is 2. The zero-order valence-corrected chi connectivity index (χ0v) is 14.2. The third kappa shape index (κ3) is 4.09. The zero-order chi connectivity index (χ0) is 17.8. The van der Waals surface area contributed by atoms with Gasteiger partial charge in [-0.25, -0.2) is 0 Å². The molecular formula is C19H20N2O4. The molecule has 0 fully saturated rings.